The predicted molar refractivity (Wildman–Crippen MR) is 80.5 cm³/mol. The molecule has 0 amide bonds. The Kier molecular flexibility index (Phi) is 7.72. The van der Waals surface area contributed by atoms with Gasteiger partial charge >= 0.3 is 0 Å². The van der Waals surface area contributed by atoms with Crippen molar-refractivity contribution in [3.05, 3.63) is 33.7 Å². The first kappa shape index (κ1) is 16.5. The molecule has 1 aromatic rings. The summed E-state index contributed by atoms with van der Waals surface area (Å²) in [5, 5.41) is 3.46. The van der Waals surface area contributed by atoms with E-state index in [1.54, 1.807) is 7.11 Å². The minimum absolute atomic E-state index is 0.208. The molecule has 0 atom stereocenters. The van der Waals surface area contributed by atoms with E-state index in [1.165, 1.54) is 0 Å². The maximum absolute atomic E-state index is 8.19. The largest absolute Gasteiger partial charge is 0.493 e. The van der Waals surface area contributed by atoms with Crippen LogP contribution < -0.4 is 9.47 Å². The molecule has 0 fully saturated rings. The molecule has 0 aliphatic carbocycles. The summed E-state index contributed by atoms with van der Waals surface area (Å²) < 4.78 is 16.1. The van der Waals surface area contributed by atoms with Crippen molar-refractivity contribution < 1.29 is 14.2 Å². The molecule has 0 bridgehead atoms. The molecular formula is C13H19N3O3S. The van der Waals surface area contributed by atoms with Gasteiger partial charge in [-0.05, 0) is 36.6 Å². The van der Waals surface area contributed by atoms with Crippen molar-refractivity contribution in [2.75, 3.05) is 27.1 Å². The quantitative estimate of drug-likeness (QED) is 0.189. The van der Waals surface area contributed by atoms with Crippen LogP contribution in [0.5, 0.6) is 11.5 Å². The monoisotopic (exact) mass is 297 g/mol. The van der Waals surface area contributed by atoms with Crippen LogP contribution >= 0.6 is 12.6 Å². The number of azide groups is 1. The van der Waals surface area contributed by atoms with Gasteiger partial charge in [-0.2, -0.15) is 12.6 Å². The van der Waals surface area contributed by atoms with Gasteiger partial charge in [-0.1, -0.05) is 5.11 Å². The highest BCUT2D eigenvalue weighted by Crippen LogP contribution is 2.31. The second-order valence-corrected chi connectivity index (χ2v) is 4.35. The van der Waals surface area contributed by atoms with Gasteiger partial charge in [0.25, 0.3) is 0 Å². The van der Waals surface area contributed by atoms with E-state index in [2.05, 4.69) is 22.7 Å². The first-order valence-corrected chi connectivity index (χ1v) is 6.86. The topological polar surface area (TPSA) is 76.5 Å². The highest BCUT2D eigenvalue weighted by Gasteiger charge is 2.11. The van der Waals surface area contributed by atoms with Crippen molar-refractivity contribution in [3.63, 3.8) is 0 Å². The predicted octanol–water partition coefficient (Wildman–Crippen LogP) is 3.49. The fourth-order valence-corrected chi connectivity index (χ4v) is 2.08. The van der Waals surface area contributed by atoms with Crippen LogP contribution in [-0.4, -0.2) is 27.1 Å². The fourth-order valence-electron chi connectivity index (χ4n) is 1.68. The molecule has 1 rings (SSSR count). The molecule has 0 saturated heterocycles. The Hall–Kier alpha value is -1.56. The fraction of sp³-hybridized carbons (Fsp3) is 0.538. The zero-order chi connectivity index (χ0) is 14.8. The van der Waals surface area contributed by atoms with E-state index < -0.39 is 0 Å². The molecule has 0 N–H and O–H groups in total. The second kappa shape index (κ2) is 9.36. The summed E-state index contributed by atoms with van der Waals surface area (Å²) in [5.41, 5.74) is 10.2. The number of rotatable bonds is 9. The van der Waals surface area contributed by atoms with Crippen LogP contribution in [-0.2, 0) is 10.5 Å². The van der Waals surface area contributed by atoms with Gasteiger partial charge in [0, 0.05) is 29.9 Å². The highest BCUT2D eigenvalue weighted by atomic mass is 32.1. The standard InChI is InChI=1S/C13H19N3O3S/c1-10-11(8-20)13(18-7-3-6-15-16-14)5-4-12(10)19-9-17-2/h4-5,20H,3,6-9H2,1-2H3. The van der Waals surface area contributed by atoms with Crippen molar-refractivity contribution in [2.45, 2.75) is 19.1 Å². The highest BCUT2D eigenvalue weighted by molar-refractivity contribution is 7.79. The third kappa shape index (κ3) is 4.85. The molecule has 0 aliphatic heterocycles. The molecule has 0 spiro atoms. The van der Waals surface area contributed by atoms with E-state index >= 15 is 0 Å². The van der Waals surface area contributed by atoms with E-state index in [9.17, 15) is 0 Å². The van der Waals surface area contributed by atoms with Gasteiger partial charge in [0.2, 0.25) is 0 Å². The number of nitrogens with zero attached hydrogens (tertiary/aromatic N) is 3. The zero-order valence-electron chi connectivity index (χ0n) is 11.7. The molecule has 1 aromatic carbocycles. The van der Waals surface area contributed by atoms with E-state index in [1.807, 2.05) is 19.1 Å². The second-order valence-electron chi connectivity index (χ2n) is 4.03. The molecule has 0 unspecified atom stereocenters. The Bertz CT molecular complexity index is 476. The molecule has 0 aliphatic rings. The number of hydrogen-bond donors (Lipinski definition) is 1. The minimum Gasteiger partial charge on any atom is -0.493 e. The molecular weight excluding hydrogens is 278 g/mol. The van der Waals surface area contributed by atoms with Gasteiger partial charge < -0.3 is 14.2 Å². The van der Waals surface area contributed by atoms with Gasteiger partial charge in [0.05, 0.1) is 6.61 Å². The third-order valence-corrected chi connectivity index (χ3v) is 3.04. The molecule has 0 saturated carbocycles. The van der Waals surface area contributed by atoms with Gasteiger partial charge in [-0.25, -0.2) is 0 Å². The maximum atomic E-state index is 8.19. The van der Waals surface area contributed by atoms with Gasteiger partial charge in [0.15, 0.2) is 6.79 Å². The summed E-state index contributed by atoms with van der Waals surface area (Å²) >= 11 is 4.33. The molecule has 0 radical (unpaired) electrons. The summed E-state index contributed by atoms with van der Waals surface area (Å²) in [4.78, 5) is 2.70. The van der Waals surface area contributed by atoms with Crippen molar-refractivity contribution >= 4 is 12.6 Å². The number of hydrogen-bond acceptors (Lipinski definition) is 5. The lowest BCUT2D eigenvalue weighted by atomic mass is 10.1. The lowest BCUT2D eigenvalue weighted by Crippen LogP contribution is -2.05. The number of methoxy groups -OCH3 is 1. The normalized spacial score (nSPS) is 9.95. The molecule has 0 heterocycles. The molecule has 0 aromatic heterocycles. The summed E-state index contributed by atoms with van der Waals surface area (Å²) in [5.74, 6) is 2.10. The van der Waals surface area contributed by atoms with Gasteiger partial charge in [0.1, 0.15) is 11.5 Å². The summed E-state index contributed by atoms with van der Waals surface area (Å²) in [7, 11) is 1.58. The van der Waals surface area contributed by atoms with E-state index in [-0.39, 0.29) is 6.79 Å². The lowest BCUT2D eigenvalue weighted by molar-refractivity contribution is 0.0505. The molecule has 6 nitrogen and oxygen atoms in total. The lowest BCUT2D eigenvalue weighted by Gasteiger charge is -2.16. The number of benzene rings is 1. The first-order valence-electron chi connectivity index (χ1n) is 6.23. The van der Waals surface area contributed by atoms with Crippen molar-refractivity contribution in [1.29, 1.82) is 0 Å². The van der Waals surface area contributed by atoms with Crippen molar-refractivity contribution in [1.82, 2.24) is 0 Å². The summed E-state index contributed by atoms with van der Waals surface area (Å²) in [6, 6.07) is 3.71. The van der Waals surface area contributed by atoms with Crippen LogP contribution in [0.15, 0.2) is 17.2 Å². The van der Waals surface area contributed by atoms with Crippen LogP contribution in [0, 0.1) is 6.92 Å². The Balaban J connectivity index is 2.71. The van der Waals surface area contributed by atoms with Crippen LogP contribution in [0.25, 0.3) is 10.4 Å². The molecule has 20 heavy (non-hydrogen) atoms. The van der Waals surface area contributed by atoms with Gasteiger partial charge in [-0.15, -0.1) is 0 Å². The Labute approximate surface area is 124 Å². The number of thiol groups is 1. The van der Waals surface area contributed by atoms with Crippen LogP contribution in [0.3, 0.4) is 0 Å². The summed E-state index contributed by atoms with van der Waals surface area (Å²) in [6.45, 7) is 3.10. The average Bonchev–Trinajstić information content (AvgIpc) is 2.46. The Morgan fingerprint density at radius 1 is 1.30 bits per heavy atom. The smallest absolute Gasteiger partial charge is 0.188 e. The van der Waals surface area contributed by atoms with E-state index in [0.717, 1.165) is 22.6 Å². The number of ether oxygens (including phenoxy) is 3. The Morgan fingerprint density at radius 3 is 2.70 bits per heavy atom. The van der Waals surface area contributed by atoms with Crippen LogP contribution in [0.2, 0.25) is 0 Å². The van der Waals surface area contributed by atoms with Crippen LogP contribution in [0.1, 0.15) is 17.5 Å². The SMILES string of the molecule is COCOc1ccc(OCCCN=[N+]=[N-])c(CS)c1C. The zero-order valence-corrected chi connectivity index (χ0v) is 12.6. The summed E-state index contributed by atoms with van der Waals surface area (Å²) in [6.07, 6.45) is 0.678. The average molecular weight is 297 g/mol. The molecule has 110 valence electrons. The van der Waals surface area contributed by atoms with Crippen molar-refractivity contribution in [2.24, 2.45) is 5.11 Å². The molecule has 7 heteroatoms. The van der Waals surface area contributed by atoms with E-state index in [0.29, 0.717) is 25.3 Å². The van der Waals surface area contributed by atoms with Crippen LogP contribution in [0.4, 0.5) is 0 Å². The first-order chi connectivity index (χ1) is 9.74. The van der Waals surface area contributed by atoms with E-state index in [4.69, 9.17) is 19.7 Å². The maximum Gasteiger partial charge on any atom is 0.188 e. The Morgan fingerprint density at radius 2 is 2.05 bits per heavy atom. The van der Waals surface area contributed by atoms with Gasteiger partial charge in [-0.3, -0.25) is 0 Å². The minimum atomic E-state index is 0.208. The van der Waals surface area contributed by atoms with Crippen molar-refractivity contribution in [3.8, 4) is 11.5 Å². The third-order valence-electron chi connectivity index (χ3n) is 2.72.